The van der Waals surface area contributed by atoms with Gasteiger partial charge in [-0.15, -0.1) is 13.2 Å². The van der Waals surface area contributed by atoms with Crippen molar-refractivity contribution in [3.05, 3.63) is 55.1 Å². The van der Waals surface area contributed by atoms with Crippen molar-refractivity contribution >= 4 is 11.6 Å². The number of nitrogens with zero attached hydrogens (tertiary/aromatic N) is 3. The zero-order chi connectivity index (χ0) is 19.6. The summed E-state index contributed by atoms with van der Waals surface area (Å²) in [6.07, 6.45) is 0.154. The van der Waals surface area contributed by atoms with Crippen LogP contribution < -0.4 is 15.0 Å². The second-order valence-corrected chi connectivity index (χ2v) is 5.96. The van der Waals surface area contributed by atoms with Gasteiger partial charge < -0.3 is 10.1 Å². The molecule has 0 spiro atoms. The molecule has 143 valence electrons. The van der Waals surface area contributed by atoms with Gasteiger partial charge in [-0.1, -0.05) is 11.3 Å². The molecular weight excluding hydrogens is 368 g/mol. The molecule has 2 aliphatic heterocycles. The summed E-state index contributed by atoms with van der Waals surface area (Å²) < 4.78 is 56.4. The average Bonchev–Trinajstić information content (AvgIpc) is 3.08. The molecule has 1 aromatic carbocycles. The van der Waals surface area contributed by atoms with E-state index in [0.29, 0.717) is 31.5 Å². The van der Waals surface area contributed by atoms with Crippen molar-refractivity contribution in [1.29, 1.82) is 0 Å². The van der Waals surface area contributed by atoms with Crippen LogP contribution in [0.15, 0.2) is 48.2 Å². The lowest BCUT2D eigenvalue weighted by atomic mass is 10.0. The lowest BCUT2D eigenvalue weighted by Gasteiger charge is -2.33. The standard InChI is InChI=1S/C17H16F4N4O2/c1-2-15(26)22-8-11-9-24(16-5-6-23-25(16)10-11)12-3-4-14(13(18)7-12)27-17(19,20)21/h2-7,11H,1,8-10H2,(H,22,26)/q+1. The first kappa shape index (κ1) is 18.9. The summed E-state index contributed by atoms with van der Waals surface area (Å²) in [6.45, 7) is 4.68. The van der Waals surface area contributed by atoms with Gasteiger partial charge in [0.2, 0.25) is 5.91 Å². The van der Waals surface area contributed by atoms with Crippen LogP contribution in [0.3, 0.4) is 0 Å². The first-order valence-corrected chi connectivity index (χ1v) is 8.02. The van der Waals surface area contributed by atoms with Crippen molar-refractivity contribution in [2.75, 3.05) is 24.5 Å². The third kappa shape index (κ3) is 4.44. The third-order valence-corrected chi connectivity index (χ3v) is 4.05. The van der Waals surface area contributed by atoms with Gasteiger partial charge in [0, 0.05) is 30.9 Å². The highest BCUT2D eigenvalue weighted by Crippen LogP contribution is 2.34. The number of benzene rings is 1. The van der Waals surface area contributed by atoms with Gasteiger partial charge >= 0.3 is 12.5 Å². The fourth-order valence-corrected chi connectivity index (χ4v) is 2.90. The van der Waals surface area contributed by atoms with Crippen LogP contribution in [0.4, 0.5) is 23.2 Å². The molecule has 1 saturated heterocycles. The van der Waals surface area contributed by atoms with E-state index in [4.69, 9.17) is 0 Å². The van der Waals surface area contributed by atoms with Crippen LogP contribution >= 0.6 is 0 Å². The second-order valence-electron chi connectivity index (χ2n) is 5.96. The van der Waals surface area contributed by atoms with Crippen LogP contribution in [0.2, 0.25) is 0 Å². The lowest BCUT2D eigenvalue weighted by Crippen LogP contribution is -2.49. The SMILES string of the molecule is C=CC(=O)NCC1CN(c2ccc(OC(F)(F)F)c(F)c2)[C]2C=CN=[N+]2C1. The normalized spacial score (nSPS) is 19.5. The lowest BCUT2D eigenvalue weighted by molar-refractivity contribution is -0.578. The van der Waals surface area contributed by atoms with Crippen LogP contribution in [0.5, 0.6) is 5.75 Å². The van der Waals surface area contributed by atoms with Gasteiger partial charge in [0.1, 0.15) is 0 Å². The van der Waals surface area contributed by atoms with Crippen LogP contribution in [-0.4, -0.2) is 36.6 Å². The molecule has 1 radical (unpaired) electrons. The third-order valence-electron chi connectivity index (χ3n) is 4.05. The van der Waals surface area contributed by atoms with Crippen LogP contribution in [0.1, 0.15) is 0 Å². The molecule has 2 heterocycles. The van der Waals surface area contributed by atoms with Gasteiger partial charge in [0.05, 0.1) is 12.1 Å². The molecule has 27 heavy (non-hydrogen) atoms. The Bertz CT molecular complexity index is 807. The highest BCUT2D eigenvalue weighted by molar-refractivity contribution is 5.86. The Morgan fingerprint density at radius 1 is 1.48 bits per heavy atom. The van der Waals surface area contributed by atoms with E-state index in [-0.39, 0.29) is 11.8 Å². The Labute approximate surface area is 152 Å². The van der Waals surface area contributed by atoms with Gasteiger partial charge in [-0.05, 0) is 23.3 Å². The van der Waals surface area contributed by atoms with Crippen molar-refractivity contribution in [3.63, 3.8) is 0 Å². The van der Waals surface area contributed by atoms with E-state index < -0.39 is 17.9 Å². The molecule has 1 N–H and O–H groups in total. The molecule has 10 heteroatoms. The molecule has 1 fully saturated rings. The van der Waals surface area contributed by atoms with Gasteiger partial charge in [0.25, 0.3) is 0 Å². The largest absolute Gasteiger partial charge is 0.573 e. The maximum atomic E-state index is 14.1. The topological polar surface area (TPSA) is 56.9 Å². The minimum Gasteiger partial charge on any atom is -0.403 e. The number of hydrogen-bond donors (Lipinski definition) is 1. The van der Waals surface area contributed by atoms with Gasteiger partial charge in [0.15, 0.2) is 18.1 Å². The minimum atomic E-state index is -4.97. The molecule has 0 aromatic heterocycles. The number of nitrogens with one attached hydrogen (secondary N) is 1. The summed E-state index contributed by atoms with van der Waals surface area (Å²) in [7, 11) is 0. The minimum absolute atomic E-state index is 0.0459. The molecule has 0 bridgehead atoms. The Morgan fingerprint density at radius 2 is 2.26 bits per heavy atom. The zero-order valence-electron chi connectivity index (χ0n) is 14.0. The predicted molar refractivity (Wildman–Crippen MR) is 87.1 cm³/mol. The number of carbonyl (C=O) groups excluding carboxylic acids is 1. The van der Waals surface area contributed by atoms with Crippen molar-refractivity contribution in [2.45, 2.75) is 6.36 Å². The fourth-order valence-electron chi connectivity index (χ4n) is 2.90. The summed E-state index contributed by atoms with van der Waals surface area (Å²) in [5, 5.41) is 6.89. The number of hydrogen-bond acceptors (Lipinski definition) is 4. The molecular formula is C17H16F4N4O2+. The van der Waals surface area contributed by atoms with E-state index in [1.54, 1.807) is 21.9 Å². The Balaban J connectivity index is 1.80. The maximum absolute atomic E-state index is 14.1. The highest BCUT2D eigenvalue weighted by atomic mass is 19.4. The zero-order valence-corrected chi connectivity index (χ0v) is 14.0. The summed E-state index contributed by atoms with van der Waals surface area (Å²) in [4.78, 5) is 13.1. The number of amides is 1. The van der Waals surface area contributed by atoms with Crippen LogP contribution in [0.25, 0.3) is 0 Å². The van der Waals surface area contributed by atoms with Crippen molar-refractivity contribution in [1.82, 2.24) is 5.32 Å². The van der Waals surface area contributed by atoms with Crippen molar-refractivity contribution in [3.8, 4) is 5.75 Å². The van der Waals surface area contributed by atoms with Gasteiger partial charge in [-0.2, -0.15) is 0 Å². The first-order chi connectivity index (χ1) is 12.8. The van der Waals surface area contributed by atoms with E-state index in [2.05, 4.69) is 21.7 Å². The average molecular weight is 384 g/mol. The molecule has 0 saturated carbocycles. The number of anilines is 1. The predicted octanol–water partition coefficient (Wildman–Crippen LogP) is 2.94. The summed E-state index contributed by atoms with van der Waals surface area (Å²) >= 11 is 0. The molecule has 1 unspecified atom stereocenters. The van der Waals surface area contributed by atoms with Crippen molar-refractivity contribution in [2.24, 2.45) is 11.0 Å². The van der Waals surface area contributed by atoms with E-state index >= 15 is 0 Å². The van der Waals surface area contributed by atoms with E-state index in [9.17, 15) is 22.4 Å². The summed E-state index contributed by atoms with van der Waals surface area (Å²) in [6, 6.07) is 3.25. The molecule has 1 aromatic rings. The molecule has 3 rings (SSSR count). The van der Waals surface area contributed by atoms with Gasteiger partial charge in [-0.25, -0.2) is 4.39 Å². The number of azo groups is 2. The fraction of sp³-hybridized carbons (Fsp3) is 0.294. The van der Waals surface area contributed by atoms with E-state index in [1.165, 1.54) is 6.07 Å². The Hall–Kier alpha value is -2.91. The maximum Gasteiger partial charge on any atom is 0.573 e. The van der Waals surface area contributed by atoms with Crippen LogP contribution in [-0.2, 0) is 4.79 Å². The number of halogens is 4. The molecule has 2 aliphatic rings. The smallest absolute Gasteiger partial charge is 0.403 e. The molecule has 0 aliphatic carbocycles. The monoisotopic (exact) mass is 384 g/mol. The molecule has 1 amide bonds. The first-order valence-electron chi connectivity index (χ1n) is 8.02. The highest BCUT2D eigenvalue weighted by Gasteiger charge is 2.42. The van der Waals surface area contributed by atoms with E-state index in [0.717, 1.165) is 18.2 Å². The molecule has 6 nitrogen and oxygen atoms in total. The molecule has 1 atom stereocenters. The number of fused-ring (bicyclic) bond motifs is 1. The van der Waals surface area contributed by atoms with Crippen LogP contribution in [0, 0.1) is 17.9 Å². The number of alkyl halides is 3. The quantitative estimate of drug-likeness (QED) is 0.483. The number of ether oxygens (including phenoxy) is 1. The summed E-state index contributed by atoms with van der Waals surface area (Å²) in [5.74, 6) is -2.38. The Kier molecular flexibility index (Phi) is 5.15. The summed E-state index contributed by atoms with van der Waals surface area (Å²) in [5.41, 5.74) is 0.350. The van der Waals surface area contributed by atoms with E-state index in [1.807, 2.05) is 0 Å². The van der Waals surface area contributed by atoms with Crippen molar-refractivity contribution < 1.29 is 31.8 Å². The number of carbonyl (C=O) groups is 1. The number of rotatable bonds is 5. The van der Waals surface area contributed by atoms with Gasteiger partial charge in [-0.3, -0.25) is 9.69 Å². The second kappa shape index (κ2) is 7.37. The Morgan fingerprint density at radius 3 is 2.93 bits per heavy atom.